The zero-order chi connectivity index (χ0) is 11.0. The van der Waals surface area contributed by atoms with Crippen LogP contribution in [0, 0.1) is 0 Å². The van der Waals surface area contributed by atoms with Gasteiger partial charge in [-0.05, 0) is 37.1 Å². The highest BCUT2D eigenvalue weighted by atomic mass is 16.3. The van der Waals surface area contributed by atoms with E-state index in [4.69, 9.17) is 4.42 Å². The minimum atomic E-state index is 0.284. The van der Waals surface area contributed by atoms with Crippen LogP contribution in [-0.4, -0.2) is 11.1 Å². The first-order valence-electron chi connectivity index (χ1n) is 5.76. The summed E-state index contributed by atoms with van der Waals surface area (Å²) in [6.45, 7) is 0.778. The third kappa shape index (κ3) is 1.78. The number of hydrogen-bond acceptors (Lipinski definition) is 3. The Hall–Kier alpha value is -1.48. The second-order valence-electron chi connectivity index (χ2n) is 4.44. The molecule has 3 nitrogen and oxygen atoms in total. The summed E-state index contributed by atoms with van der Waals surface area (Å²) in [6, 6.07) is 7.83. The van der Waals surface area contributed by atoms with Gasteiger partial charge in [0.05, 0.1) is 6.54 Å². The molecule has 0 amide bonds. The molecule has 0 radical (unpaired) electrons. The summed E-state index contributed by atoms with van der Waals surface area (Å²) in [6.07, 6.45) is 3.90. The molecule has 0 unspecified atom stereocenters. The Morgan fingerprint density at radius 2 is 2.19 bits per heavy atom. The van der Waals surface area contributed by atoms with Crippen molar-refractivity contribution in [2.45, 2.75) is 31.8 Å². The topological polar surface area (TPSA) is 45.4 Å². The normalized spacial score (nSPS) is 16.5. The average Bonchev–Trinajstić information content (AvgIpc) is 2.57. The third-order valence-corrected chi connectivity index (χ3v) is 3.22. The molecule has 1 aliphatic rings. The molecule has 3 rings (SSSR count). The summed E-state index contributed by atoms with van der Waals surface area (Å²) in [5.74, 6) is 1.22. The molecule has 1 aromatic heterocycles. The monoisotopic (exact) mass is 217 g/mol. The molecule has 0 spiro atoms. The molecule has 0 saturated heterocycles. The van der Waals surface area contributed by atoms with Gasteiger partial charge in [-0.3, -0.25) is 0 Å². The Morgan fingerprint density at radius 3 is 2.94 bits per heavy atom. The summed E-state index contributed by atoms with van der Waals surface area (Å²) >= 11 is 0. The molecule has 1 aliphatic carbocycles. The Morgan fingerprint density at radius 1 is 1.31 bits per heavy atom. The second-order valence-corrected chi connectivity index (χ2v) is 4.44. The molecule has 2 aromatic rings. The van der Waals surface area contributed by atoms with Crippen molar-refractivity contribution in [3.63, 3.8) is 0 Å². The highest BCUT2D eigenvalue weighted by Crippen LogP contribution is 2.24. The Balaban J connectivity index is 1.76. The zero-order valence-corrected chi connectivity index (χ0v) is 9.07. The number of aromatic hydroxyl groups is 1. The van der Waals surface area contributed by atoms with Gasteiger partial charge in [-0.1, -0.05) is 6.42 Å². The van der Waals surface area contributed by atoms with E-state index in [0.717, 1.165) is 23.3 Å². The van der Waals surface area contributed by atoms with Crippen molar-refractivity contribution in [1.82, 2.24) is 5.32 Å². The highest BCUT2D eigenvalue weighted by Gasteiger charge is 2.16. The fourth-order valence-electron chi connectivity index (χ4n) is 2.03. The summed E-state index contributed by atoms with van der Waals surface area (Å²) in [5.41, 5.74) is 0.836. The molecule has 1 fully saturated rings. The van der Waals surface area contributed by atoms with Gasteiger partial charge in [0.2, 0.25) is 0 Å². The molecule has 1 aromatic carbocycles. The van der Waals surface area contributed by atoms with Crippen LogP contribution in [0.1, 0.15) is 25.0 Å². The molecule has 84 valence electrons. The maximum Gasteiger partial charge on any atom is 0.134 e. The fraction of sp³-hybridized carbons (Fsp3) is 0.385. The van der Waals surface area contributed by atoms with Gasteiger partial charge in [-0.25, -0.2) is 0 Å². The number of phenolic OH excluding ortho intramolecular Hbond substituents is 1. The molecule has 16 heavy (non-hydrogen) atoms. The Bertz CT molecular complexity index is 500. The van der Waals surface area contributed by atoms with E-state index in [1.807, 2.05) is 6.07 Å². The summed E-state index contributed by atoms with van der Waals surface area (Å²) < 4.78 is 5.67. The van der Waals surface area contributed by atoms with Crippen LogP contribution in [0.2, 0.25) is 0 Å². The molecule has 0 atom stereocenters. The first kappa shape index (κ1) is 9.73. The van der Waals surface area contributed by atoms with E-state index < -0.39 is 0 Å². The number of furan rings is 1. The maximum atomic E-state index is 9.35. The Kier molecular flexibility index (Phi) is 2.33. The van der Waals surface area contributed by atoms with Crippen molar-refractivity contribution in [3.8, 4) is 5.75 Å². The molecule has 0 aliphatic heterocycles. The standard InChI is InChI=1S/C13H15NO2/c15-11-4-5-13-9(6-11)7-12(16-13)8-14-10-2-1-3-10/h4-7,10,14-15H,1-3,8H2. The number of phenols is 1. The summed E-state index contributed by atoms with van der Waals surface area (Å²) in [4.78, 5) is 0. The number of fused-ring (bicyclic) bond motifs is 1. The second kappa shape index (κ2) is 3.83. The molecule has 1 saturated carbocycles. The van der Waals surface area contributed by atoms with Gasteiger partial charge >= 0.3 is 0 Å². The average molecular weight is 217 g/mol. The van der Waals surface area contributed by atoms with Gasteiger partial charge in [0.25, 0.3) is 0 Å². The molecular formula is C13H15NO2. The first-order valence-corrected chi connectivity index (χ1v) is 5.76. The van der Waals surface area contributed by atoms with Crippen LogP contribution in [0.4, 0.5) is 0 Å². The van der Waals surface area contributed by atoms with E-state index in [-0.39, 0.29) is 5.75 Å². The molecule has 2 N–H and O–H groups in total. The highest BCUT2D eigenvalue weighted by molar-refractivity contribution is 5.79. The lowest BCUT2D eigenvalue weighted by molar-refractivity contribution is 0.327. The van der Waals surface area contributed by atoms with Crippen molar-refractivity contribution in [2.75, 3.05) is 0 Å². The smallest absolute Gasteiger partial charge is 0.134 e. The first-order chi connectivity index (χ1) is 7.81. The van der Waals surface area contributed by atoms with Crippen LogP contribution >= 0.6 is 0 Å². The van der Waals surface area contributed by atoms with Gasteiger partial charge in [-0.2, -0.15) is 0 Å². The number of benzene rings is 1. The lowest BCUT2D eigenvalue weighted by Gasteiger charge is -2.25. The van der Waals surface area contributed by atoms with E-state index in [0.29, 0.717) is 6.04 Å². The SMILES string of the molecule is Oc1ccc2oc(CNC3CCC3)cc2c1. The lowest BCUT2D eigenvalue weighted by Crippen LogP contribution is -2.34. The van der Waals surface area contributed by atoms with E-state index in [1.54, 1.807) is 18.2 Å². The number of hydrogen-bond donors (Lipinski definition) is 2. The van der Waals surface area contributed by atoms with E-state index in [2.05, 4.69) is 5.32 Å². The van der Waals surface area contributed by atoms with Crippen LogP contribution in [0.5, 0.6) is 5.75 Å². The molecule has 0 bridgehead atoms. The predicted octanol–water partition coefficient (Wildman–Crippen LogP) is 2.78. The summed E-state index contributed by atoms with van der Waals surface area (Å²) in [7, 11) is 0. The van der Waals surface area contributed by atoms with Crippen LogP contribution in [0.15, 0.2) is 28.7 Å². The van der Waals surface area contributed by atoms with Gasteiger partial charge in [0.1, 0.15) is 17.1 Å². The molecular weight excluding hydrogens is 202 g/mol. The fourth-order valence-corrected chi connectivity index (χ4v) is 2.03. The van der Waals surface area contributed by atoms with Crippen molar-refractivity contribution in [2.24, 2.45) is 0 Å². The van der Waals surface area contributed by atoms with Crippen LogP contribution in [0.3, 0.4) is 0 Å². The van der Waals surface area contributed by atoms with Gasteiger partial charge in [0, 0.05) is 11.4 Å². The zero-order valence-electron chi connectivity index (χ0n) is 9.07. The van der Waals surface area contributed by atoms with E-state index in [9.17, 15) is 5.11 Å². The van der Waals surface area contributed by atoms with Crippen LogP contribution < -0.4 is 5.32 Å². The minimum Gasteiger partial charge on any atom is -0.508 e. The number of rotatable bonds is 3. The quantitative estimate of drug-likeness (QED) is 0.831. The van der Waals surface area contributed by atoms with Gasteiger partial charge in [-0.15, -0.1) is 0 Å². The van der Waals surface area contributed by atoms with Crippen LogP contribution in [0.25, 0.3) is 11.0 Å². The summed E-state index contributed by atoms with van der Waals surface area (Å²) in [5, 5.41) is 13.8. The van der Waals surface area contributed by atoms with Crippen molar-refractivity contribution >= 4 is 11.0 Å². The van der Waals surface area contributed by atoms with Crippen LogP contribution in [-0.2, 0) is 6.54 Å². The largest absolute Gasteiger partial charge is 0.508 e. The van der Waals surface area contributed by atoms with Crippen molar-refractivity contribution < 1.29 is 9.52 Å². The van der Waals surface area contributed by atoms with Crippen molar-refractivity contribution in [3.05, 3.63) is 30.0 Å². The minimum absolute atomic E-state index is 0.284. The lowest BCUT2D eigenvalue weighted by atomic mass is 9.93. The predicted molar refractivity (Wildman–Crippen MR) is 62.4 cm³/mol. The number of nitrogens with one attached hydrogen (secondary N) is 1. The van der Waals surface area contributed by atoms with E-state index >= 15 is 0 Å². The maximum absolute atomic E-state index is 9.35. The Labute approximate surface area is 94.1 Å². The molecule has 3 heteroatoms. The van der Waals surface area contributed by atoms with Gasteiger partial charge in [0.15, 0.2) is 0 Å². The molecule has 1 heterocycles. The van der Waals surface area contributed by atoms with E-state index in [1.165, 1.54) is 19.3 Å². The third-order valence-electron chi connectivity index (χ3n) is 3.22. The van der Waals surface area contributed by atoms with Crippen molar-refractivity contribution in [1.29, 1.82) is 0 Å². The van der Waals surface area contributed by atoms with Gasteiger partial charge < -0.3 is 14.8 Å².